The first-order chi connectivity index (χ1) is 15.5. The predicted octanol–water partition coefficient (Wildman–Crippen LogP) is 5.44. The quantitative estimate of drug-likeness (QED) is 0.256. The van der Waals surface area contributed by atoms with Crippen LogP contribution in [-0.2, 0) is 22.5 Å². The summed E-state index contributed by atoms with van der Waals surface area (Å²) in [6.45, 7) is 0. The van der Waals surface area contributed by atoms with Gasteiger partial charge in [0.25, 0.3) is 0 Å². The first-order valence-electron chi connectivity index (χ1n) is 10.6. The third-order valence-electron chi connectivity index (χ3n) is 5.63. The van der Waals surface area contributed by atoms with Crippen molar-refractivity contribution in [3.8, 4) is 0 Å². The first kappa shape index (κ1) is 22.0. The van der Waals surface area contributed by atoms with Crippen molar-refractivity contribution in [1.82, 2.24) is 0 Å². The van der Waals surface area contributed by atoms with E-state index in [-0.39, 0.29) is 6.42 Å². The second kappa shape index (κ2) is 9.97. The van der Waals surface area contributed by atoms with Crippen molar-refractivity contribution in [2.24, 2.45) is 0 Å². The van der Waals surface area contributed by atoms with Crippen LogP contribution in [0.25, 0.3) is 21.9 Å². The van der Waals surface area contributed by atoms with Crippen LogP contribution in [0.2, 0.25) is 0 Å². The molecule has 0 spiro atoms. The normalized spacial score (nSPS) is 13.3. The summed E-state index contributed by atoms with van der Waals surface area (Å²) in [4.78, 5) is 12.0. The van der Waals surface area contributed by atoms with Crippen molar-refractivity contribution in [3.63, 3.8) is 0 Å². The van der Waals surface area contributed by atoms with Gasteiger partial charge in [0, 0.05) is 22.0 Å². The molecule has 0 amide bonds. The van der Waals surface area contributed by atoms with E-state index in [1.807, 2.05) is 42.5 Å². The molecule has 166 valence electrons. The molecule has 0 aliphatic rings. The summed E-state index contributed by atoms with van der Waals surface area (Å²) < 4.78 is 30.9. The maximum atomic E-state index is 12.1. The van der Waals surface area contributed by atoms with Gasteiger partial charge in [-0.1, -0.05) is 61.4 Å². The van der Waals surface area contributed by atoms with Gasteiger partial charge in [-0.3, -0.25) is 8.51 Å². The smallest absolute Gasteiger partial charge is 0.327 e. The van der Waals surface area contributed by atoms with E-state index in [2.05, 4.69) is 12.1 Å². The minimum absolute atomic E-state index is 0.238. The number of carbonyl (C=O) groups is 1. The zero-order valence-electron chi connectivity index (χ0n) is 17.5. The molecule has 2 atom stereocenters. The number of hydrogen-bond acceptors (Lipinski definition) is 4. The van der Waals surface area contributed by atoms with Crippen molar-refractivity contribution in [2.45, 2.75) is 38.1 Å². The number of aryl methyl sites for hydroxylation is 1. The Balaban J connectivity index is 1.50. The maximum absolute atomic E-state index is 12.1. The molecule has 0 fully saturated rings. The molecule has 4 aromatic rings. The Labute approximate surface area is 188 Å². The van der Waals surface area contributed by atoms with Gasteiger partial charge in [-0.15, -0.1) is 0 Å². The van der Waals surface area contributed by atoms with Gasteiger partial charge in [0.15, 0.2) is 0 Å². The molecular weight excluding hydrogens is 426 g/mol. The standard InChI is InChI=1S/C25H25NO5S/c27-25(28)22(13-6-2-5-11-18-9-3-1-4-10-18)26(32(29)30)19-15-16-24-21(17-19)20-12-7-8-14-23(20)31-24/h1,3-4,7-10,12,14-17,22H,2,5-6,11,13H2,(H,27,28)(H,29,30)/p-1. The van der Waals surface area contributed by atoms with Gasteiger partial charge in [-0.2, -0.15) is 0 Å². The van der Waals surface area contributed by atoms with E-state index in [1.54, 1.807) is 18.2 Å². The molecular formula is C25H24NO5S-. The average Bonchev–Trinajstić information content (AvgIpc) is 3.16. The third kappa shape index (κ3) is 4.84. The number of carboxylic acid groups (broad SMARTS) is 1. The second-order valence-electron chi connectivity index (χ2n) is 7.76. The lowest BCUT2D eigenvalue weighted by Gasteiger charge is -2.32. The molecule has 7 heteroatoms. The van der Waals surface area contributed by atoms with Crippen LogP contribution in [0.5, 0.6) is 0 Å². The molecule has 1 aromatic heterocycles. The zero-order valence-corrected chi connectivity index (χ0v) is 18.3. The number of furan rings is 1. The van der Waals surface area contributed by atoms with Crippen molar-refractivity contribution in [1.29, 1.82) is 0 Å². The minimum Gasteiger partial charge on any atom is -0.755 e. The SMILES string of the molecule is O=C(O)C(CCCCCc1ccccc1)N(c1ccc2oc3ccccc3c2c1)S(=O)[O-]. The van der Waals surface area contributed by atoms with Crippen LogP contribution in [0.4, 0.5) is 5.69 Å². The topological polar surface area (TPSA) is 93.8 Å². The molecule has 6 nitrogen and oxygen atoms in total. The molecule has 2 unspecified atom stereocenters. The molecule has 1 N–H and O–H groups in total. The maximum Gasteiger partial charge on any atom is 0.327 e. The number of rotatable bonds is 10. The lowest BCUT2D eigenvalue weighted by Crippen LogP contribution is -2.42. The van der Waals surface area contributed by atoms with E-state index < -0.39 is 23.3 Å². The fourth-order valence-corrected chi connectivity index (χ4v) is 4.74. The van der Waals surface area contributed by atoms with E-state index >= 15 is 0 Å². The predicted molar refractivity (Wildman–Crippen MR) is 125 cm³/mol. The highest BCUT2D eigenvalue weighted by atomic mass is 32.2. The first-order valence-corrected chi connectivity index (χ1v) is 11.6. The summed E-state index contributed by atoms with van der Waals surface area (Å²) in [6.07, 6.45) is 3.52. The number of para-hydroxylation sites is 1. The molecule has 0 saturated carbocycles. The summed E-state index contributed by atoms with van der Waals surface area (Å²) in [7, 11) is 0. The number of aliphatic carboxylic acids is 1. The summed E-state index contributed by atoms with van der Waals surface area (Å²) in [6, 6.07) is 21.4. The Kier molecular flexibility index (Phi) is 6.87. The van der Waals surface area contributed by atoms with Gasteiger partial charge in [-0.25, -0.2) is 4.79 Å². The van der Waals surface area contributed by atoms with Crippen molar-refractivity contribution >= 4 is 44.9 Å². The van der Waals surface area contributed by atoms with Gasteiger partial charge in [0.05, 0.1) is 5.69 Å². The molecule has 4 rings (SSSR count). The van der Waals surface area contributed by atoms with Gasteiger partial charge < -0.3 is 14.1 Å². The molecule has 1 heterocycles. The molecule has 0 aliphatic heterocycles. The number of anilines is 1. The zero-order chi connectivity index (χ0) is 22.5. The van der Waals surface area contributed by atoms with Crippen LogP contribution < -0.4 is 4.31 Å². The Morgan fingerprint density at radius 2 is 1.66 bits per heavy atom. The largest absolute Gasteiger partial charge is 0.755 e. The molecule has 32 heavy (non-hydrogen) atoms. The Morgan fingerprint density at radius 1 is 0.938 bits per heavy atom. The molecule has 0 radical (unpaired) electrons. The fourth-order valence-electron chi connectivity index (χ4n) is 4.05. The summed E-state index contributed by atoms with van der Waals surface area (Å²) in [5, 5.41) is 11.4. The molecule has 0 bridgehead atoms. The van der Waals surface area contributed by atoms with Crippen LogP contribution in [0.1, 0.15) is 31.2 Å². The lowest BCUT2D eigenvalue weighted by molar-refractivity contribution is -0.138. The number of unbranched alkanes of at least 4 members (excludes halogenated alkanes) is 2. The van der Waals surface area contributed by atoms with Gasteiger partial charge in [0.1, 0.15) is 17.2 Å². The second-order valence-corrected chi connectivity index (χ2v) is 8.59. The Hall–Kier alpha value is -3.16. The highest BCUT2D eigenvalue weighted by Gasteiger charge is 2.27. The summed E-state index contributed by atoms with van der Waals surface area (Å²) in [5.74, 6) is -1.16. The summed E-state index contributed by atoms with van der Waals surface area (Å²) in [5.41, 5.74) is 2.88. The fraction of sp³-hybridized carbons (Fsp3) is 0.240. The average molecular weight is 451 g/mol. The van der Waals surface area contributed by atoms with E-state index in [1.165, 1.54) is 5.56 Å². The monoisotopic (exact) mass is 450 g/mol. The molecule has 3 aromatic carbocycles. The Morgan fingerprint density at radius 3 is 2.41 bits per heavy atom. The highest BCUT2D eigenvalue weighted by molar-refractivity contribution is 7.80. The van der Waals surface area contributed by atoms with Crippen LogP contribution in [-0.4, -0.2) is 25.9 Å². The van der Waals surface area contributed by atoms with Crippen LogP contribution in [0, 0.1) is 0 Å². The van der Waals surface area contributed by atoms with Crippen LogP contribution in [0.3, 0.4) is 0 Å². The highest BCUT2D eigenvalue weighted by Crippen LogP contribution is 2.33. The van der Waals surface area contributed by atoms with E-state index in [9.17, 15) is 18.7 Å². The molecule has 0 saturated heterocycles. The van der Waals surface area contributed by atoms with Crippen LogP contribution >= 0.6 is 0 Å². The number of carboxylic acids is 1. The summed E-state index contributed by atoms with van der Waals surface area (Å²) >= 11 is -2.73. The van der Waals surface area contributed by atoms with Crippen molar-refractivity contribution in [2.75, 3.05) is 4.31 Å². The number of hydrogen-bond donors (Lipinski definition) is 1. The lowest BCUT2D eigenvalue weighted by atomic mass is 10.0. The van der Waals surface area contributed by atoms with Gasteiger partial charge >= 0.3 is 5.97 Å². The van der Waals surface area contributed by atoms with Crippen molar-refractivity contribution < 1.29 is 23.1 Å². The minimum atomic E-state index is -2.73. The van der Waals surface area contributed by atoms with Gasteiger partial charge in [-0.05, 0) is 49.1 Å². The van der Waals surface area contributed by atoms with Crippen LogP contribution in [0.15, 0.2) is 77.2 Å². The molecule has 0 aliphatic carbocycles. The van der Waals surface area contributed by atoms with E-state index in [0.29, 0.717) is 23.3 Å². The Bertz CT molecular complexity index is 1240. The van der Waals surface area contributed by atoms with Gasteiger partial charge in [0.2, 0.25) is 0 Å². The number of nitrogens with zero attached hydrogens (tertiary/aromatic N) is 1. The van der Waals surface area contributed by atoms with E-state index in [4.69, 9.17) is 4.42 Å². The van der Waals surface area contributed by atoms with Crippen molar-refractivity contribution in [3.05, 3.63) is 78.4 Å². The van der Waals surface area contributed by atoms with E-state index in [0.717, 1.165) is 34.3 Å². The third-order valence-corrected chi connectivity index (χ3v) is 6.42. The number of benzene rings is 3. The number of fused-ring (bicyclic) bond motifs is 3.